The quantitative estimate of drug-likeness (QED) is 0.590. The highest BCUT2D eigenvalue weighted by molar-refractivity contribution is 5.80. The van der Waals surface area contributed by atoms with Crippen molar-refractivity contribution in [2.75, 3.05) is 33.2 Å². The summed E-state index contributed by atoms with van der Waals surface area (Å²) in [6.45, 7) is 5.48. The Labute approximate surface area is 85.2 Å². The number of aliphatic hydroxyl groups excluding tert-OH is 1. The molecule has 0 radical (unpaired) electrons. The Morgan fingerprint density at radius 3 is 2.64 bits per heavy atom. The van der Waals surface area contributed by atoms with Crippen LogP contribution in [0, 0.1) is 0 Å². The van der Waals surface area contributed by atoms with Crippen LogP contribution >= 0.6 is 0 Å². The third-order valence-electron chi connectivity index (χ3n) is 2.41. The molecule has 3 N–H and O–H groups in total. The zero-order chi connectivity index (χ0) is 10.6. The Morgan fingerprint density at radius 1 is 1.50 bits per heavy atom. The standard InChI is InChI=1S/C9H20N4O/c1-3-12-5-4-6-13(7-8(10)14)9(12)11-2/h8,14H,3-7,10H2,1-2H3. The molecule has 14 heavy (non-hydrogen) atoms. The van der Waals surface area contributed by atoms with E-state index in [9.17, 15) is 0 Å². The molecular weight excluding hydrogens is 180 g/mol. The maximum atomic E-state index is 9.14. The first-order valence-electron chi connectivity index (χ1n) is 5.09. The summed E-state index contributed by atoms with van der Waals surface area (Å²) in [6, 6.07) is 0. The van der Waals surface area contributed by atoms with E-state index in [0.29, 0.717) is 6.54 Å². The normalized spacial score (nSPS) is 23.0. The molecule has 1 fully saturated rings. The number of β-amino-alcohol motifs (C(OH)–C–C–N with tert-alkyl or cyclic N) is 1. The SMILES string of the molecule is CCN1CCCN(CC(N)O)C1=NC. The molecule has 5 nitrogen and oxygen atoms in total. The molecule has 1 aliphatic rings. The van der Waals surface area contributed by atoms with E-state index in [2.05, 4.69) is 16.8 Å². The van der Waals surface area contributed by atoms with E-state index in [1.165, 1.54) is 0 Å². The molecule has 1 heterocycles. The number of hydrogen-bond acceptors (Lipinski definition) is 3. The highest BCUT2D eigenvalue weighted by Gasteiger charge is 2.22. The van der Waals surface area contributed by atoms with Gasteiger partial charge in [-0.15, -0.1) is 0 Å². The van der Waals surface area contributed by atoms with E-state index in [-0.39, 0.29) is 0 Å². The molecule has 0 aliphatic carbocycles. The lowest BCUT2D eigenvalue weighted by Gasteiger charge is -2.38. The summed E-state index contributed by atoms with van der Waals surface area (Å²) in [5.41, 5.74) is 5.37. The predicted octanol–water partition coefficient (Wildman–Crippen LogP) is -0.723. The van der Waals surface area contributed by atoms with Gasteiger partial charge in [0.05, 0.1) is 6.54 Å². The fourth-order valence-corrected chi connectivity index (χ4v) is 1.83. The summed E-state index contributed by atoms with van der Waals surface area (Å²) >= 11 is 0. The van der Waals surface area contributed by atoms with E-state index in [0.717, 1.165) is 32.0 Å². The average molecular weight is 200 g/mol. The van der Waals surface area contributed by atoms with Crippen LogP contribution in [0.25, 0.3) is 0 Å². The van der Waals surface area contributed by atoms with Crippen LogP contribution in [0.1, 0.15) is 13.3 Å². The topological polar surface area (TPSA) is 65.1 Å². The van der Waals surface area contributed by atoms with Crippen molar-refractivity contribution >= 4 is 5.96 Å². The van der Waals surface area contributed by atoms with Crippen molar-refractivity contribution in [2.24, 2.45) is 10.7 Å². The molecule has 1 atom stereocenters. The molecule has 0 amide bonds. The van der Waals surface area contributed by atoms with Crippen molar-refractivity contribution in [2.45, 2.75) is 19.6 Å². The van der Waals surface area contributed by atoms with Crippen molar-refractivity contribution in [1.82, 2.24) is 9.80 Å². The molecular formula is C9H20N4O. The van der Waals surface area contributed by atoms with E-state index < -0.39 is 6.23 Å². The molecule has 0 spiro atoms. The van der Waals surface area contributed by atoms with E-state index in [1.807, 2.05) is 4.90 Å². The molecule has 0 aromatic carbocycles. The van der Waals surface area contributed by atoms with Crippen molar-refractivity contribution in [1.29, 1.82) is 0 Å². The third-order valence-corrected chi connectivity index (χ3v) is 2.41. The molecule has 1 rings (SSSR count). The second-order valence-corrected chi connectivity index (χ2v) is 3.47. The lowest BCUT2D eigenvalue weighted by atomic mass is 10.3. The molecule has 0 aromatic rings. The van der Waals surface area contributed by atoms with Gasteiger partial charge in [-0.3, -0.25) is 4.99 Å². The summed E-state index contributed by atoms with van der Waals surface area (Å²) in [7, 11) is 1.78. The van der Waals surface area contributed by atoms with Gasteiger partial charge in [0, 0.05) is 26.7 Å². The molecule has 1 aliphatic heterocycles. The zero-order valence-corrected chi connectivity index (χ0v) is 8.98. The maximum absolute atomic E-state index is 9.14. The molecule has 1 saturated heterocycles. The Kier molecular flexibility index (Phi) is 4.16. The van der Waals surface area contributed by atoms with Gasteiger partial charge in [0.25, 0.3) is 0 Å². The first kappa shape index (κ1) is 11.3. The molecule has 82 valence electrons. The van der Waals surface area contributed by atoms with Crippen molar-refractivity contribution in [3.05, 3.63) is 0 Å². The van der Waals surface area contributed by atoms with Crippen LogP contribution in [-0.2, 0) is 0 Å². The minimum atomic E-state index is -0.788. The molecule has 1 unspecified atom stereocenters. The number of nitrogens with two attached hydrogens (primary N) is 1. The lowest BCUT2D eigenvalue weighted by molar-refractivity contribution is 0.131. The van der Waals surface area contributed by atoms with Crippen LogP contribution in [-0.4, -0.2) is 60.3 Å². The Hall–Kier alpha value is -0.810. The number of rotatable bonds is 3. The van der Waals surface area contributed by atoms with Crippen molar-refractivity contribution < 1.29 is 5.11 Å². The Balaban J connectivity index is 2.64. The van der Waals surface area contributed by atoms with E-state index >= 15 is 0 Å². The average Bonchev–Trinajstić information content (AvgIpc) is 2.16. The second kappa shape index (κ2) is 5.17. The summed E-state index contributed by atoms with van der Waals surface area (Å²) in [5.74, 6) is 0.947. The predicted molar refractivity (Wildman–Crippen MR) is 57.0 cm³/mol. The Bertz CT molecular complexity index is 205. The van der Waals surface area contributed by atoms with Crippen LogP contribution in [0.4, 0.5) is 0 Å². The van der Waals surface area contributed by atoms with Gasteiger partial charge in [-0.25, -0.2) is 0 Å². The summed E-state index contributed by atoms with van der Waals surface area (Å²) < 4.78 is 0. The van der Waals surface area contributed by atoms with Crippen molar-refractivity contribution in [3.8, 4) is 0 Å². The summed E-state index contributed by atoms with van der Waals surface area (Å²) in [5, 5.41) is 9.14. The monoisotopic (exact) mass is 200 g/mol. The smallest absolute Gasteiger partial charge is 0.196 e. The molecule has 0 saturated carbocycles. The van der Waals surface area contributed by atoms with Gasteiger partial charge in [-0.1, -0.05) is 0 Å². The number of aliphatic hydroxyl groups is 1. The first-order chi connectivity index (χ1) is 6.69. The van der Waals surface area contributed by atoms with Crippen LogP contribution in [0.3, 0.4) is 0 Å². The van der Waals surface area contributed by atoms with Gasteiger partial charge in [0.15, 0.2) is 5.96 Å². The fraction of sp³-hybridized carbons (Fsp3) is 0.889. The van der Waals surface area contributed by atoms with Crippen LogP contribution in [0.2, 0.25) is 0 Å². The molecule has 5 heteroatoms. The second-order valence-electron chi connectivity index (χ2n) is 3.47. The van der Waals surface area contributed by atoms with Gasteiger partial charge in [-0.2, -0.15) is 0 Å². The number of aliphatic imine (C=N–C) groups is 1. The lowest BCUT2D eigenvalue weighted by Crippen LogP contribution is -2.53. The molecule has 0 bridgehead atoms. The Morgan fingerprint density at radius 2 is 2.14 bits per heavy atom. The number of nitrogens with zero attached hydrogens (tertiary/aromatic N) is 3. The highest BCUT2D eigenvalue weighted by atomic mass is 16.3. The van der Waals surface area contributed by atoms with E-state index in [1.54, 1.807) is 7.05 Å². The minimum absolute atomic E-state index is 0.461. The largest absolute Gasteiger partial charge is 0.377 e. The zero-order valence-electron chi connectivity index (χ0n) is 8.98. The van der Waals surface area contributed by atoms with Gasteiger partial charge in [-0.05, 0) is 13.3 Å². The summed E-state index contributed by atoms with van der Waals surface area (Å²) in [4.78, 5) is 8.48. The van der Waals surface area contributed by atoms with Gasteiger partial charge >= 0.3 is 0 Å². The van der Waals surface area contributed by atoms with Gasteiger partial charge < -0.3 is 20.6 Å². The van der Waals surface area contributed by atoms with Crippen LogP contribution < -0.4 is 5.73 Å². The van der Waals surface area contributed by atoms with Gasteiger partial charge in [0.1, 0.15) is 6.23 Å². The number of hydrogen-bond donors (Lipinski definition) is 2. The van der Waals surface area contributed by atoms with Crippen LogP contribution in [0.5, 0.6) is 0 Å². The highest BCUT2D eigenvalue weighted by Crippen LogP contribution is 2.08. The molecule has 0 aromatic heterocycles. The van der Waals surface area contributed by atoms with Crippen LogP contribution in [0.15, 0.2) is 4.99 Å². The maximum Gasteiger partial charge on any atom is 0.196 e. The third kappa shape index (κ3) is 2.59. The van der Waals surface area contributed by atoms with E-state index in [4.69, 9.17) is 10.8 Å². The number of guanidine groups is 1. The van der Waals surface area contributed by atoms with Gasteiger partial charge in [0.2, 0.25) is 0 Å². The first-order valence-corrected chi connectivity index (χ1v) is 5.09. The minimum Gasteiger partial charge on any atom is -0.377 e. The fourth-order valence-electron chi connectivity index (χ4n) is 1.83. The summed E-state index contributed by atoms with van der Waals surface area (Å²) in [6.07, 6.45) is 0.308. The van der Waals surface area contributed by atoms with Crippen molar-refractivity contribution in [3.63, 3.8) is 0 Å².